The highest BCUT2D eigenvalue weighted by molar-refractivity contribution is 6.30. The van der Waals surface area contributed by atoms with Crippen LogP contribution in [0.25, 0.3) is 10.9 Å². The van der Waals surface area contributed by atoms with Gasteiger partial charge in [0.25, 0.3) is 0 Å². The maximum absolute atomic E-state index is 9.65. The van der Waals surface area contributed by atoms with E-state index in [1.807, 2.05) is 12.1 Å². The number of anilines is 2. The second kappa shape index (κ2) is 8.20. The lowest BCUT2D eigenvalue weighted by molar-refractivity contribution is 0.206. The molecule has 0 aliphatic carbocycles. The first kappa shape index (κ1) is 19.1. The maximum atomic E-state index is 9.65. The Balaban J connectivity index is 0.00000225. The van der Waals surface area contributed by atoms with Crippen LogP contribution in [0, 0.1) is 0 Å². The number of nitrogen functional groups attached to an aromatic ring is 2. The molecule has 25 heavy (non-hydrogen) atoms. The van der Waals surface area contributed by atoms with E-state index >= 15 is 0 Å². The molecule has 0 aliphatic rings. The Labute approximate surface area is 156 Å². The van der Waals surface area contributed by atoms with Crippen molar-refractivity contribution >= 4 is 46.7 Å². The van der Waals surface area contributed by atoms with Gasteiger partial charge in [-0.05, 0) is 29.8 Å². The summed E-state index contributed by atoms with van der Waals surface area (Å²) in [7, 11) is 0. The van der Waals surface area contributed by atoms with Crippen LogP contribution in [-0.4, -0.2) is 28.3 Å². The summed E-state index contributed by atoms with van der Waals surface area (Å²) in [4.78, 5) is 8.13. The number of nitrogens with two attached hydrogens (primary N) is 2. The topological polar surface area (TPSA) is 107 Å². The zero-order chi connectivity index (χ0) is 17.1. The van der Waals surface area contributed by atoms with Gasteiger partial charge < -0.3 is 21.3 Å². The van der Waals surface area contributed by atoms with E-state index in [2.05, 4.69) is 9.97 Å². The lowest BCUT2D eigenvalue weighted by Gasteiger charge is -2.17. The minimum Gasteiger partial charge on any atom is -0.492 e. The molecule has 0 saturated carbocycles. The molecule has 0 radical (unpaired) electrons. The number of rotatable bonds is 5. The Bertz CT molecular complexity index is 859. The summed E-state index contributed by atoms with van der Waals surface area (Å²) in [6.45, 7) is 0.229. The first-order chi connectivity index (χ1) is 11.6. The number of halogens is 2. The minimum atomic E-state index is -0.187. The molecule has 3 rings (SSSR count). The smallest absolute Gasteiger partial charge is 0.222 e. The standard InChI is InChI=1S/C17H17ClN4O2.ClH/c18-12-6-4-10(5-7-12)11(8-23)9-24-14-3-1-2-13-15(14)16(19)22-17(20)21-13;/h1-7,11,23H,8-9H2,(H4,19,20,21,22);1H. The highest BCUT2D eigenvalue weighted by atomic mass is 35.5. The van der Waals surface area contributed by atoms with Gasteiger partial charge >= 0.3 is 0 Å². The lowest BCUT2D eigenvalue weighted by Crippen LogP contribution is -2.14. The Hall–Kier alpha value is -2.28. The van der Waals surface area contributed by atoms with Crippen molar-refractivity contribution in [3.8, 4) is 5.75 Å². The zero-order valence-electron chi connectivity index (χ0n) is 13.2. The summed E-state index contributed by atoms with van der Waals surface area (Å²) >= 11 is 5.90. The third-order valence-electron chi connectivity index (χ3n) is 3.73. The number of hydrogen-bond acceptors (Lipinski definition) is 6. The average Bonchev–Trinajstić information content (AvgIpc) is 2.56. The summed E-state index contributed by atoms with van der Waals surface area (Å²) in [5, 5.41) is 10.9. The van der Waals surface area contributed by atoms with Crippen LogP contribution in [0.1, 0.15) is 11.5 Å². The average molecular weight is 381 g/mol. The molecule has 8 heteroatoms. The van der Waals surface area contributed by atoms with E-state index in [0.717, 1.165) is 5.56 Å². The summed E-state index contributed by atoms with van der Waals surface area (Å²) in [5.41, 5.74) is 13.1. The number of ether oxygens (including phenoxy) is 1. The van der Waals surface area contributed by atoms with E-state index in [1.165, 1.54) is 0 Å². The van der Waals surface area contributed by atoms with Crippen molar-refractivity contribution in [3.63, 3.8) is 0 Å². The fraction of sp³-hybridized carbons (Fsp3) is 0.176. The molecule has 5 N–H and O–H groups in total. The number of aromatic nitrogens is 2. The van der Waals surface area contributed by atoms with Gasteiger partial charge in [-0.2, -0.15) is 4.98 Å². The van der Waals surface area contributed by atoms with Gasteiger partial charge in [0, 0.05) is 10.9 Å². The van der Waals surface area contributed by atoms with Crippen LogP contribution < -0.4 is 16.2 Å². The molecule has 0 fully saturated rings. The molecule has 2 aromatic carbocycles. The van der Waals surface area contributed by atoms with Crippen molar-refractivity contribution in [3.05, 3.63) is 53.1 Å². The number of aliphatic hydroxyl groups is 1. The second-order valence-corrected chi connectivity index (χ2v) is 5.80. The number of benzene rings is 2. The molecule has 0 aliphatic heterocycles. The van der Waals surface area contributed by atoms with Gasteiger partial charge in [-0.3, -0.25) is 0 Å². The maximum Gasteiger partial charge on any atom is 0.222 e. The van der Waals surface area contributed by atoms with Gasteiger partial charge in [-0.15, -0.1) is 12.4 Å². The third kappa shape index (κ3) is 4.22. The molecule has 0 spiro atoms. The Kier molecular flexibility index (Phi) is 6.25. The van der Waals surface area contributed by atoms with Crippen molar-refractivity contribution in [2.45, 2.75) is 5.92 Å². The molecule has 1 atom stereocenters. The predicted molar refractivity (Wildman–Crippen MR) is 102 cm³/mol. The molecule has 0 bridgehead atoms. The third-order valence-corrected chi connectivity index (χ3v) is 3.98. The van der Waals surface area contributed by atoms with Crippen molar-refractivity contribution in [1.29, 1.82) is 0 Å². The molecular formula is C17H18Cl2N4O2. The van der Waals surface area contributed by atoms with Crippen molar-refractivity contribution in [1.82, 2.24) is 9.97 Å². The molecular weight excluding hydrogens is 363 g/mol. The van der Waals surface area contributed by atoms with Gasteiger partial charge in [0.05, 0.1) is 24.1 Å². The van der Waals surface area contributed by atoms with Gasteiger partial charge in [0.2, 0.25) is 5.95 Å². The predicted octanol–water partition coefficient (Wildman–Crippen LogP) is 3.02. The van der Waals surface area contributed by atoms with Crippen LogP contribution in [0.2, 0.25) is 5.02 Å². The number of hydrogen-bond donors (Lipinski definition) is 3. The molecule has 6 nitrogen and oxygen atoms in total. The molecule has 0 amide bonds. The van der Waals surface area contributed by atoms with Gasteiger partial charge in [0.1, 0.15) is 11.6 Å². The quantitative estimate of drug-likeness (QED) is 0.627. The molecule has 132 valence electrons. The van der Waals surface area contributed by atoms with E-state index in [0.29, 0.717) is 21.7 Å². The summed E-state index contributed by atoms with van der Waals surface area (Å²) in [6, 6.07) is 12.7. The lowest BCUT2D eigenvalue weighted by atomic mass is 10.0. The molecule has 0 saturated heterocycles. The number of aliphatic hydroxyl groups excluding tert-OH is 1. The summed E-state index contributed by atoms with van der Waals surface area (Å²) in [6.07, 6.45) is 0. The van der Waals surface area contributed by atoms with E-state index in [-0.39, 0.29) is 43.3 Å². The minimum absolute atomic E-state index is 0. The molecule has 1 unspecified atom stereocenters. The first-order valence-corrected chi connectivity index (χ1v) is 7.77. The number of fused-ring (bicyclic) bond motifs is 1. The second-order valence-electron chi connectivity index (χ2n) is 5.36. The highest BCUT2D eigenvalue weighted by Crippen LogP contribution is 2.30. The Morgan fingerprint density at radius 1 is 1.08 bits per heavy atom. The number of nitrogens with zero attached hydrogens (tertiary/aromatic N) is 2. The van der Waals surface area contributed by atoms with Crippen molar-refractivity contribution in [2.24, 2.45) is 0 Å². The highest BCUT2D eigenvalue weighted by Gasteiger charge is 2.14. The summed E-state index contributed by atoms with van der Waals surface area (Å²) in [5.74, 6) is 0.748. The van der Waals surface area contributed by atoms with E-state index in [4.69, 9.17) is 27.8 Å². The molecule has 1 aromatic heterocycles. The normalized spacial score (nSPS) is 11.8. The largest absolute Gasteiger partial charge is 0.492 e. The van der Waals surface area contributed by atoms with Crippen LogP contribution in [0.5, 0.6) is 5.75 Å². The first-order valence-electron chi connectivity index (χ1n) is 7.39. The SMILES string of the molecule is Cl.Nc1nc(N)c2c(OCC(CO)c3ccc(Cl)cc3)cccc2n1. The Morgan fingerprint density at radius 3 is 2.48 bits per heavy atom. The van der Waals surface area contributed by atoms with Gasteiger partial charge in [0.15, 0.2) is 0 Å². The van der Waals surface area contributed by atoms with Crippen molar-refractivity contribution in [2.75, 3.05) is 24.7 Å². The fourth-order valence-electron chi connectivity index (χ4n) is 2.50. The zero-order valence-corrected chi connectivity index (χ0v) is 14.8. The molecule has 1 heterocycles. The van der Waals surface area contributed by atoms with Crippen LogP contribution in [0.3, 0.4) is 0 Å². The summed E-state index contributed by atoms with van der Waals surface area (Å²) < 4.78 is 5.88. The van der Waals surface area contributed by atoms with E-state index in [9.17, 15) is 5.11 Å². The van der Waals surface area contributed by atoms with Crippen LogP contribution >= 0.6 is 24.0 Å². The van der Waals surface area contributed by atoms with Crippen LogP contribution in [0.15, 0.2) is 42.5 Å². The van der Waals surface area contributed by atoms with Crippen LogP contribution in [0.4, 0.5) is 11.8 Å². The van der Waals surface area contributed by atoms with Crippen molar-refractivity contribution < 1.29 is 9.84 Å². The van der Waals surface area contributed by atoms with E-state index < -0.39 is 0 Å². The van der Waals surface area contributed by atoms with Gasteiger partial charge in [-0.25, -0.2) is 4.98 Å². The van der Waals surface area contributed by atoms with E-state index in [1.54, 1.807) is 30.3 Å². The molecule has 3 aromatic rings. The fourth-order valence-corrected chi connectivity index (χ4v) is 2.62. The van der Waals surface area contributed by atoms with Gasteiger partial charge in [-0.1, -0.05) is 29.8 Å². The monoisotopic (exact) mass is 380 g/mol. The Morgan fingerprint density at radius 2 is 1.80 bits per heavy atom. The van der Waals surface area contributed by atoms with Crippen LogP contribution in [-0.2, 0) is 0 Å².